The second kappa shape index (κ2) is 15.7. The molecule has 0 atom stereocenters. The van der Waals surface area contributed by atoms with Gasteiger partial charge in [0.1, 0.15) is 11.5 Å². The Kier molecular flexibility index (Phi) is 11.3. The fourth-order valence-electron chi connectivity index (χ4n) is 5.60. The highest BCUT2D eigenvalue weighted by Gasteiger charge is 2.17. The number of ether oxygens (including phenoxy) is 1. The largest absolute Gasteiger partial charge is 0.507 e. The molecule has 0 spiro atoms. The molecule has 1 heterocycles. The van der Waals surface area contributed by atoms with Gasteiger partial charge in [0.2, 0.25) is 0 Å². The van der Waals surface area contributed by atoms with Crippen molar-refractivity contribution in [3.63, 3.8) is 0 Å². The van der Waals surface area contributed by atoms with Gasteiger partial charge in [-0.05, 0) is 51.9 Å². The molecule has 0 saturated heterocycles. The van der Waals surface area contributed by atoms with Crippen LogP contribution in [0.1, 0.15) is 78.1 Å². The van der Waals surface area contributed by atoms with Crippen LogP contribution in [0.4, 0.5) is 0 Å². The van der Waals surface area contributed by atoms with E-state index in [2.05, 4.69) is 62.4 Å². The molecule has 224 valence electrons. The Bertz CT molecular complexity index is 1640. The number of phenols is 1. The Balaban J connectivity index is 1.29. The van der Waals surface area contributed by atoms with Crippen LogP contribution in [0.25, 0.3) is 44.3 Å². The van der Waals surface area contributed by atoms with E-state index in [0.29, 0.717) is 34.7 Å². The number of hydrogen-bond donors (Lipinski definition) is 1. The first-order valence-corrected chi connectivity index (χ1v) is 16.9. The molecule has 0 radical (unpaired) electrons. The zero-order valence-corrected chi connectivity index (χ0v) is 26.3. The molecule has 5 rings (SSSR count). The van der Waals surface area contributed by atoms with Gasteiger partial charge in [-0.3, -0.25) is 0 Å². The molecule has 0 unspecified atom stereocenters. The first-order chi connectivity index (χ1) is 21.2. The van der Waals surface area contributed by atoms with Crippen molar-refractivity contribution in [2.75, 3.05) is 12.4 Å². The lowest BCUT2D eigenvalue weighted by Crippen LogP contribution is -2.01. The monoisotopic (exact) mass is 593 g/mol. The molecule has 5 aromatic rings. The molecule has 0 aliphatic heterocycles. The predicted molar refractivity (Wildman–Crippen MR) is 181 cm³/mol. The lowest BCUT2D eigenvalue weighted by Gasteiger charge is -2.13. The average Bonchev–Trinajstić information content (AvgIpc) is 3.03. The molecule has 1 N–H and O–H groups in total. The number of benzene rings is 4. The molecular weight excluding hydrogens is 550 g/mol. The first-order valence-electron chi connectivity index (χ1n) is 15.9. The van der Waals surface area contributed by atoms with Crippen molar-refractivity contribution in [3.8, 4) is 34.3 Å². The number of thioether (sulfide) groups is 1. The number of phenolic OH excluding ortho intramolecular Hbond substituents is 1. The summed E-state index contributed by atoms with van der Waals surface area (Å²) in [6.45, 7) is 4.99. The second-order valence-corrected chi connectivity index (χ2v) is 12.3. The minimum absolute atomic E-state index is 0.105. The normalized spacial score (nSPS) is 11.4. The van der Waals surface area contributed by atoms with Crippen molar-refractivity contribution in [1.29, 1.82) is 0 Å². The van der Waals surface area contributed by atoms with Crippen LogP contribution < -0.4 is 4.74 Å². The van der Waals surface area contributed by atoms with Crippen molar-refractivity contribution in [3.05, 3.63) is 72.8 Å². The molecule has 0 aliphatic rings. The van der Waals surface area contributed by atoms with Gasteiger partial charge in [0, 0.05) is 11.6 Å². The van der Waals surface area contributed by atoms with E-state index in [-0.39, 0.29) is 5.75 Å². The Morgan fingerprint density at radius 3 is 1.95 bits per heavy atom. The van der Waals surface area contributed by atoms with E-state index in [1.165, 1.54) is 63.2 Å². The zero-order chi connectivity index (χ0) is 29.9. The number of rotatable bonds is 16. The van der Waals surface area contributed by atoms with E-state index < -0.39 is 0 Å². The fourth-order valence-corrected chi connectivity index (χ4v) is 6.16. The summed E-state index contributed by atoms with van der Waals surface area (Å²) in [5.41, 5.74) is 1.52. The Hall–Kier alpha value is -3.64. The summed E-state index contributed by atoms with van der Waals surface area (Å²) < 4.78 is 5.98. The smallest absolute Gasteiger partial charge is 0.191 e. The van der Waals surface area contributed by atoms with Crippen LogP contribution in [-0.4, -0.2) is 32.4 Å². The van der Waals surface area contributed by atoms with Gasteiger partial charge in [-0.25, -0.2) is 15.0 Å². The van der Waals surface area contributed by atoms with Crippen LogP contribution >= 0.6 is 11.8 Å². The van der Waals surface area contributed by atoms with Gasteiger partial charge in [0.05, 0.1) is 12.2 Å². The summed E-state index contributed by atoms with van der Waals surface area (Å²) in [7, 11) is 0. The van der Waals surface area contributed by atoms with Crippen LogP contribution in [0, 0.1) is 0 Å². The molecule has 0 bridgehead atoms. The molecular formula is C37H43N3O2S. The lowest BCUT2D eigenvalue weighted by molar-refractivity contribution is 0.302. The lowest BCUT2D eigenvalue weighted by atomic mass is 9.97. The second-order valence-electron chi connectivity index (χ2n) is 11.1. The molecule has 0 amide bonds. The SMILES string of the molecule is CCCCCCCCCCCCOc1ccc(-c2nc(SCC)nc(-c3cc4ccccc4c4ccccc34)n2)c(O)c1. The molecule has 0 fully saturated rings. The van der Waals surface area contributed by atoms with Crippen molar-refractivity contribution in [2.45, 2.75) is 83.2 Å². The van der Waals surface area contributed by atoms with Crippen LogP contribution in [-0.2, 0) is 0 Å². The van der Waals surface area contributed by atoms with Crippen molar-refractivity contribution in [1.82, 2.24) is 15.0 Å². The van der Waals surface area contributed by atoms with Crippen molar-refractivity contribution >= 4 is 33.3 Å². The highest BCUT2D eigenvalue weighted by Crippen LogP contribution is 2.36. The maximum Gasteiger partial charge on any atom is 0.191 e. The Labute approximate surface area is 260 Å². The topological polar surface area (TPSA) is 68.1 Å². The number of fused-ring (bicyclic) bond motifs is 3. The number of aromatic hydroxyl groups is 1. The third kappa shape index (κ3) is 8.05. The zero-order valence-electron chi connectivity index (χ0n) is 25.5. The molecule has 0 saturated carbocycles. The van der Waals surface area contributed by atoms with E-state index in [4.69, 9.17) is 19.7 Å². The molecule has 6 heteroatoms. The third-order valence-corrected chi connectivity index (χ3v) is 8.60. The van der Waals surface area contributed by atoms with Crippen LogP contribution in [0.15, 0.2) is 78.0 Å². The van der Waals surface area contributed by atoms with Gasteiger partial charge in [-0.1, -0.05) is 132 Å². The minimum Gasteiger partial charge on any atom is -0.507 e. The van der Waals surface area contributed by atoms with E-state index >= 15 is 0 Å². The summed E-state index contributed by atoms with van der Waals surface area (Å²) in [6.07, 6.45) is 12.9. The number of nitrogens with zero attached hydrogens (tertiary/aromatic N) is 3. The number of unbranched alkanes of at least 4 members (excludes halogenated alkanes) is 9. The molecule has 0 aliphatic carbocycles. The number of hydrogen-bond acceptors (Lipinski definition) is 6. The highest BCUT2D eigenvalue weighted by molar-refractivity contribution is 7.99. The van der Waals surface area contributed by atoms with Crippen LogP contribution in [0.2, 0.25) is 0 Å². The van der Waals surface area contributed by atoms with Gasteiger partial charge in [0.25, 0.3) is 0 Å². The van der Waals surface area contributed by atoms with Gasteiger partial charge >= 0.3 is 0 Å². The average molecular weight is 594 g/mol. The molecule has 5 nitrogen and oxygen atoms in total. The van der Waals surface area contributed by atoms with Gasteiger partial charge in [-0.15, -0.1) is 0 Å². The standard InChI is InChI=1S/C37H43N3O2S/c1-3-5-6-7-8-9-10-11-12-17-24-42-28-22-23-32(34(41)26-28)35-38-36(40-37(39-35)43-4-2)33-25-27-18-13-14-19-29(27)30-20-15-16-21-31(30)33/h13-16,18-23,25-26,41H,3-12,17,24H2,1-2H3. The third-order valence-electron chi connectivity index (χ3n) is 7.87. The summed E-state index contributed by atoms with van der Waals surface area (Å²) in [4.78, 5) is 14.5. The number of aromatic nitrogens is 3. The van der Waals surface area contributed by atoms with E-state index in [1.54, 1.807) is 17.8 Å². The minimum atomic E-state index is 0.105. The van der Waals surface area contributed by atoms with Gasteiger partial charge < -0.3 is 9.84 Å². The van der Waals surface area contributed by atoms with Crippen molar-refractivity contribution < 1.29 is 9.84 Å². The fraction of sp³-hybridized carbons (Fsp3) is 0.378. The van der Waals surface area contributed by atoms with Gasteiger partial charge in [-0.2, -0.15) is 0 Å². The van der Waals surface area contributed by atoms with Gasteiger partial charge in [0.15, 0.2) is 16.8 Å². The predicted octanol–water partition coefficient (Wildman–Crippen LogP) is 10.6. The first kappa shape index (κ1) is 30.8. The quantitative estimate of drug-likeness (QED) is 0.0697. The summed E-state index contributed by atoms with van der Waals surface area (Å²) in [5.74, 6) is 2.66. The maximum absolute atomic E-state index is 11.0. The van der Waals surface area contributed by atoms with Crippen molar-refractivity contribution in [2.24, 2.45) is 0 Å². The van der Waals surface area contributed by atoms with Crippen LogP contribution in [0.3, 0.4) is 0 Å². The molecule has 1 aromatic heterocycles. The highest BCUT2D eigenvalue weighted by atomic mass is 32.2. The molecule has 4 aromatic carbocycles. The van der Waals surface area contributed by atoms with E-state index in [9.17, 15) is 5.11 Å². The summed E-state index contributed by atoms with van der Waals surface area (Å²) >= 11 is 1.57. The van der Waals surface area contributed by atoms with E-state index in [0.717, 1.165) is 33.9 Å². The maximum atomic E-state index is 11.0. The molecule has 43 heavy (non-hydrogen) atoms. The summed E-state index contributed by atoms with van der Waals surface area (Å²) in [6, 6.07) is 24.3. The Morgan fingerprint density at radius 2 is 1.26 bits per heavy atom. The van der Waals surface area contributed by atoms with E-state index in [1.807, 2.05) is 18.2 Å². The Morgan fingerprint density at radius 1 is 0.628 bits per heavy atom. The van der Waals surface area contributed by atoms with Crippen LogP contribution in [0.5, 0.6) is 11.5 Å². The summed E-state index contributed by atoms with van der Waals surface area (Å²) in [5, 5.41) is 16.3.